The molecule has 1 aromatic heterocycles. The van der Waals surface area contributed by atoms with Gasteiger partial charge in [-0.3, -0.25) is 0 Å². The van der Waals surface area contributed by atoms with Crippen molar-refractivity contribution in [1.82, 2.24) is 14.9 Å². The molecular weight excluding hydrogens is 336 g/mol. The molecule has 8 heteroatoms. The average Bonchev–Trinajstić information content (AvgIpc) is 2.96. The number of nitrogens with zero attached hydrogens (tertiary/aromatic N) is 4. The topological polar surface area (TPSA) is 61.5 Å². The minimum atomic E-state index is 0.210. The molecule has 23 heavy (non-hydrogen) atoms. The monoisotopic (exact) mass is 354 g/mol. The van der Waals surface area contributed by atoms with E-state index in [1.54, 1.807) is 31.2 Å². The van der Waals surface area contributed by atoms with Crippen molar-refractivity contribution in [3.8, 4) is 11.5 Å². The first-order valence-corrected chi connectivity index (χ1v) is 8.57. The molecule has 0 N–H and O–H groups in total. The van der Waals surface area contributed by atoms with Crippen LogP contribution in [-0.4, -0.2) is 41.6 Å². The van der Waals surface area contributed by atoms with Gasteiger partial charge in [-0.2, -0.15) is 9.78 Å². The van der Waals surface area contributed by atoms with Crippen LogP contribution in [0, 0.1) is 0 Å². The Kier molecular flexibility index (Phi) is 5.90. The van der Waals surface area contributed by atoms with Gasteiger partial charge >= 0.3 is 0 Å². The summed E-state index contributed by atoms with van der Waals surface area (Å²) in [6.45, 7) is 4.09. The second-order valence-electron chi connectivity index (χ2n) is 4.96. The Balaban J connectivity index is 2.43. The molecule has 0 unspecified atom stereocenters. The Morgan fingerprint density at radius 2 is 2.00 bits per heavy atom. The lowest BCUT2D eigenvalue weighted by molar-refractivity contribution is 0.355. The van der Waals surface area contributed by atoms with E-state index in [-0.39, 0.29) is 5.92 Å². The Labute approximate surface area is 144 Å². The van der Waals surface area contributed by atoms with Crippen LogP contribution in [-0.2, 0) is 0 Å². The zero-order valence-electron chi connectivity index (χ0n) is 13.7. The third-order valence-corrected chi connectivity index (χ3v) is 4.17. The lowest BCUT2D eigenvalue weighted by Crippen LogP contribution is -2.02. The van der Waals surface area contributed by atoms with Crippen LogP contribution in [0.4, 0.5) is 0 Å². The van der Waals surface area contributed by atoms with Crippen molar-refractivity contribution in [2.45, 2.75) is 24.9 Å². The SMILES string of the molecule is COc1ccc(/C=N\n2c(SC)nnc2C(C)C)c(Cl)c1OC. The fourth-order valence-corrected chi connectivity index (χ4v) is 2.71. The Hall–Kier alpha value is -1.73. The number of rotatable bonds is 6. The highest BCUT2D eigenvalue weighted by atomic mass is 35.5. The second-order valence-corrected chi connectivity index (χ2v) is 6.11. The van der Waals surface area contributed by atoms with Gasteiger partial charge < -0.3 is 9.47 Å². The molecule has 0 aliphatic carbocycles. The van der Waals surface area contributed by atoms with E-state index in [2.05, 4.69) is 15.3 Å². The van der Waals surface area contributed by atoms with E-state index in [4.69, 9.17) is 21.1 Å². The van der Waals surface area contributed by atoms with Crippen molar-refractivity contribution < 1.29 is 9.47 Å². The summed E-state index contributed by atoms with van der Waals surface area (Å²) >= 11 is 7.85. The molecule has 0 amide bonds. The lowest BCUT2D eigenvalue weighted by Gasteiger charge is -2.11. The van der Waals surface area contributed by atoms with Crippen LogP contribution in [0.15, 0.2) is 22.4 Å². The maximum atomic E-state index is 6.37. The summed E-state index contributed by atoms with van der Waals surface area (Å²) < 4.78 is 12.2. The number of aromatic nitrogens is 3. The molecule has 0 saturated carbocycles. The first-order valence-electron chi connectivity index (χ1n) is 6.97. The number of ether oxygens (including phenoxy) is 2. The van der Waals surface area contributed by atoms with Crippen molar-refractivity contribution in [2.24, 2.45) is 5.10 Å². The molecule has 2 rings (SSSR count). The molecule has 1 heterocycles. The van der Waals surface area contributed by atoms with Crippen LogP contribution in [0.25, 0.3) is 0 Å². The molecule has 0 saturated heterocycles. The summed E-state index contributed by atoms with van der Waals surface area (Å²) in [5.41, 5.74) is 0.722. The van der Waals surface area contributed by atoms with Crippen LogP contribution in [0.1, 0.15) is 31.2 Å². The summed E-state index contributed by atoms with van der Waals surface area (Å²) in [5.74, 6) is 2.06. The van der Waals surface area contributed by atoms with Crippen molar-refractivity contribution in [3.63, 3.8) is 0 Å². The van der Waals surface area contributed by atoms with Gasteiger partial charge in [0, 0.05) is 11.5 Å². The van der Waals surface area contributed by atoms with Gasteiger partial charge in [0.2, 0.25) is 5.16 Å². The molecule has 0 spiro atoms. The molecule has 0 atom stereocenters. The summed E-state index contributed by atoms with van der Waals surface area (Å²) in [6, 6.07) is 3.61. The zero-order chi connectivity index (χ0) is 17.0. The fraction of sp³-hybridized carbons (Fsp3) is 0.400. The number of thioether (sulfide) groups is 1. The third-order valence-electron chi connectivity index (χ3n) is 3.16. The molecule has 2 aromatic rings. The Morgan fingerprint density at radius 3 is 2.57 bits per heavy atom. The molecule has 0 bridgehead atoms. The highest BCUT2D eigenvalue weighted by Gasteiger charge is 2.15. The lowest BCUT2D eigenvalue weighted by atomic mass is 10.2. The summed E-state index contributed by atoms with van der Waals surface area (Å²) in [4.78, 5) is 0. The first-order chi connectivity index (χ1) is 11.0. The average molecular weight is 355 g/mol. The number of hydrogen-bond donors (Lipinski definition) is 0. The van der Waals surface area contributed by atoms with E-state index >= 15 is 0 Å². The Bertz CT molecular complexity index is 716. The molecule has 0 aliphatic heterocycles. The van der Waals surface area contributed by atoms with Crippen molar-refractivity contribution in [2.75, 3.05) is 20.5 Å². The molecule has 0 fully saturated rings. The van der Waals surface area contributed by atoms with E-state index in [1.807, 2.05) is 26.2 Å². The van der Waals surface area contributed by atoms with Gasteiger partial charge in [0.15, 0.2) is 17.3 Å². The zero-order valence-corrected chi connectivity index (χ0v) is 15.3. The number of benzene rings is 1. The fourth-order valence-electron chi connectivity index (χ4n) is 2.00. The summed E-state index contributed by atoms with van der Waals surface area (Å²) in [7, 11) is 3.12. The summed E-state index contributed by atoms with van der Waals surface area (Å²) in [6.07, 6.45) is 3.60. The van der Waals surface area contributed by atoms with Crippen molar-refractivity contribution >= 4 is 29.6 Å². The van der Waals surface area contributed by atoms with Gasteiger partial charge in [0.25, 0.3) is 0 Å². The van der Waals surface area contributed by atoms with Gasteiger partial charge in [-0.25, -0.2) is 0 Å². The van der Waals surface area contributed by atoms with Crippen molar-refractivity contribution in [1.29, 1.82) is 0 Å². The standard InChI is InChI=1S/C15H19ClN4O2S/c1-9(2)14-18-19-15(23-5)20(14)17-8-10-6-7-11(21-3)13(22-4)12(10)16/h6-9H,1-5H3/b17-8-. The van der Waals surface area contributed by atoms with Gasteiger partial charge in [-0.1, -0.05) is 37.2 Å². The molecule has 0 aliphatic rings. The summed E-state index contributed by atoms with van der Waals surface area (Å²) in [5, 5.41) is 14.0. The van der Waals surface area contributed by atoms with Gasteiger partial charge in [0.1, 0.15) is 0 Å². The van der Waals surface area contributed by atoms with Crippen molar-refractivity contribution in [3.05, 3.63) is 28.5 Å². The van der Waals surface area contributed by atoms with E-state index in [0.29, 0.717) is 16.5 Å². The maximum Gasteiger partial charge on any atom is 0.211 e. The molecule has 0 radical (unpaired) electrons. The molecular formula is C15H19ClN4O2S. The predicted molar refractivity (Wildman–Crippen MR) is 93.4 cm³/mol. The highest BCUT2D eigenvalue weighted by Crippen LogP contribution is 2.36. The van der Waals surface area contributed by atoms with Gasteiger partial charge in [0.05, 0.1) is 25.5 Å². The number of methoxy groups -OCH3 is 2. The van der Waals surface area contributed by atoms with Gasteiger partial charge in [-0.15, -0.1) is 10.2 Å². The van der Waals surface area contributed by atoms with Crippen LogP contribution in [0.3, 0.4) is 0 Å². The first kappa shape index (κ1) is 17.6. The smallest absolute Gasteiger partial charge is 0.211 e. The number of hydrogen-bond acceptors (Lipinski definition) is 6. The predicted octanol–water partition coefficient (Wildman–Crippen LogP) is 3.68. The normalized spacial score (nSPS) is 11.4. The van der Waals surface area contributed by atoms with Crippen LogP contribution < -0.4 is 9.47 Å². The van der Waals surface area contributed by atoms with E-state index in [9.17, 15) is 0 Å². The molecule has 1 aromatic carbocycles. The van der Waals surface area contributed by atoms with Crippen LogP contribution >= 0.6 is 23.4 Å². The van der Waals surface area contributed by atoms with Gasteiger partial charge in [-0.05, 0) is 18.4 Å². The highest BCUT2D eigenvalue weighted by molar-refractivity contribution is 7.98. The van der Waals surface area contributed by atoms with E-state index in [0.717, 1.165) is 16.5 Å². The quantitative estimate of drug-likeness (QED) is 0.585. The van der Waals surface area contributed by atoms with Crippen LogP contribution in [0.5, 0.6) is 11.5 Å². The molecule has 124 valence electrons. The third kappa shape index (κ3) is 3.61. The van der Waals surface area contributed by atoms with E-state index in [1.165, 1.54) is 11.8 Å². The molecule has 6 nitrogen and oxygen atoms in total. The minimum Gasteiger partial charge on any atom is -0.493 e. The Morgan fingerprint density at radius 1 is 1.26 bits per heavy atom. The largest absolute Gasteiger partial charge is 0.493 e. The number of halogens is 1. The minimum absolute atomic E-state index is 0.210. The maximum absolute atomic E-state index is 6.37. The van der Waals surface area contributed by atoms with E-state index < -0.39 is 0 Å². The van der Waals surface area contributed by atoms with Crippen LogP contribution in [0.2, 0.25) is 5.02 Å². The second kappa shape index (κ2) is 7.70.